The van der Waals surface area contributed by atoms with E-state index in [4.69, 9.17) is 5.11 Å². The molecule has 0 aromatic heterocycles. The zero-order valence-corrected chi connectivity index (χ0v) is 12.7. The van der Waals surface area contributed by atoms with Crippen molar-refractivity contribution in [1.29, 1.82) is 0 Å². The molecule has 1 aliphatic heterocycles. The van der Waals surface area contributed by atoms with Crippen molar-refractivity contribution in [3.05, 3.63) is 0 Å². The van der Waals surface area contributed by atoms with Gasteiger partial charge in [0.2, 0.25) is 0 Å². The third-order valence-corrected chi connectivity index (χ3v) is 4.63. The van der Waals surface area contributed by atoms with Crippen LogP contribution in [0.15, 0.2) is 0 Å². The highest BCUT2D eigenvalue weighted by molar-refractivity contribution is 5.74. The zero-order valence-electron chi connectivity index (χ0n) is 12.7. The van der Waals surface area contributed by atoms with Crippen LogP contribution < -0.4 is 0 Å². The molecular weight excluding hydrogens is 272 g/mol. The maximum absolute atomic E-state index is 12.4. The Labute approximate surface area is 125 Å². The Hall–Kier alpha value is -1.30. The third-order valence-electron chi connectivity index (χ3n) is 4.63. The molecule has 1 saturated heterocycles. The van der Waals surface area contributed by atoms with Crippen LogP contribution in [0, 0.1) is 11.8 Å². The number of aliphatic hydroxyl groups is 1. The predicted molar refractivity (Wildman–Crippen MR) is 77.9 cm³/mol. The molecule has 2 aliphatic rings. The van der Waals surface area contributed by atoms with E-state index in [1.165, 1.54) is 0 Å². The van der Waals surface area contributed by atoms with Gasteiger partial charge in [0.15, 0.2) is 0 Å². The summed E-state index contributed by atoms with van der Waals surface area (Å²) in [5.74, 6) is -0.0432. The van der Waals surface area contributed by atoms with Crippen molar-refractivity contribution in [3.63, 3.8) is 0 Å². The van der Waals surface area contributed by atoms with Crippen LogP contribution in [0.2, 0.25) is 0 Å². The van der Waals surface area contributed by atoms with Gasteiger partial charge < -0.3 is 20.0 Å². The number of amides is 2. The minimum absolute atomic E-state index is 0.0383. The van der Waals surface area contributed by atoms with Crippen LogP contribution in [0.3, 0.4) is 0 Å². The maximum atomic E-state index is 12.4. The van der Waals surface area contributed by atoms with Gasteiger partial charge in [0.1, 0.15) is 0 Å². The molecular formula is C15H26N2O4. The lowest BCUT2D eigenvalue weighted by Crippen LogP contribution is -2.48. The van der Waals surface area contributed by atoms with Crippen LogP contribution in [-0.4, -0.2) is 64.8 Å². The van der Waals surface area contributed by atoms with E-state index in [0.29, 0.717) is 31.3 Å². The summed E-state index contributed by atoms with van der Waals surface area (Å²) < 4.78 is 0. The number of nitrogens with zero attached hydrogens (tertiary/aromatic N) is 2. The van der Waals surface area contributed by atoms with Gasteiger partial charge in [-0.05, 0) is 43.9 Å². The van der Waals surface area contributed by atoms with Crippen LogP contribution in [0.25, 0.3) is 0 Å². The van der Waals surface area contributed by atoms with Crippen LogP contribution in [0.1, 0.15) is 38.5 Å². The number of urea groups is 1. The molecule has 2 rings (SSSR count). The molecule has 0 aromatic carbocycles. The van der Waals surface area contributed by atoms with Gasteiger partial charge >= 0.3 is 12.0 Å². The van der Waals surface area contributed by atoms with E-state index in [-0.39, 0.29) is 18.6 Å². The van der Waals surface area contributed by atoms with Crippen LogP contribution in [0.4, 0.5) is 4.79 Å². The van der Waals surface area contributed by atoms with E-state index in [1.54, 1.807) is 4.90 Å². The van der Waals surface area contributed by atoms with Gasteiger partial charge in [0.25, 0.3) is 0 Å². The molecule has 0 radical (unpaired) electrons. The molecule has 2 amide bonds. The van der Waals surface area contributed by atoms with Crippen molar-refractivity contribution >= 4 is 12.0 Å². The second-order valence-electron chi connectivity index (χ2n) is 6.54. The minimum atomic E-state index is -0.765. The van der Waals surface area contributed by atoms with Crippen LogP contribution >= 0.6 is 0 Å². The number of rotatable bonds is 5. The molecule has 2 N–H and O–H groups in total. The Morgan fingerprint density at radius 2 is 2.00 bits per heavy atom. The van der Waals surface area contributed by atoms with Gasteiger partial charge in [0.05, 0.1) is 6.10 Å². The average Bonchev–Trinajstić information content (AvgIpc) is 2.43. The van der Waals surface area contributed by atoms with Crippen LogP contribution in [-0.2, 0) is 4.79 Å². The average molecular weight is 298 g/mol. The van der Waals surface area contributed by atoms with Crippen molar-refractivity contribution in [2.45, 2.75) is 44.6 Å². The Morgan fingerprint density at radius 1 is 1.29 bits per heavy atom. The summed E-state index contributed by atoms with van der Waals surface area (Å²) >= 11 is 0. The fourth-order valence-corrected chi connectivity index (χ4v) is 3.36. The number of hydrogen-bond donors (Lipinski definition) is 2. The van der Waals surface area contributed by atoms with E-state index in [2.05, 4.69) is 0 Å². The highest BCUT2D eigenvalue weighted by atomic mass is 16.4. The molecule has 120 valence electrons. The van der Waals surface area contributed by atoms with Crippen LogP contribution in [0.5, 0.6) is 0 Å². The van der Waals surface area contributed by atoms with E-state index in [9.17, 15) is 14.7 Å². The van der Waals surface area contributed by atoms with Crippen molar-refractivity contribution in [3.8, 4) is 0 Å². The predicted octanol–water partition coefficient (Wildman–Crippen LogP) is 1.39. The summed E-state index contributed by atoms with van der Waals surface area (Å²) in [5.41, 5.74) is 0. The summed E-state index contributed by atoms with van der Waals surface area (Å²) in [6, 6.07) is 0.0383. The Kier molecular flexibility index (Phi) is 5.45. The Balaban J connectivity index is 1.76. The highest BCUT2D eigenvalue weighted by Crippen LogP contribution is 2.28. The first kappa shape index (κ1) is 16.1. The summed E-state index contributed by atoms with van der Waals surface area (Å²) in [6.45, 7) is 2.13. The topological polar surface area (TPSA) is 81.1 Å². The quantitative estimate of drug-likeness (QED) is 0.803. The number of likely N-dealkylation sites (tertiary alicyclic amines) is 1. The van der Waals surface area contributed by atoms with Crippen molar-refractivity contribution in [2.75, 3.05) is 26.7 Å². The normalized spacial score (nSPS) is 28.9. The third kappa shape index (κ3) is 4.59. The number of carbonyl (C=O) groups excluding carboxylic acids is 1. The maximum Gasteiger partial charge on any atom is 0.319 e. The molecule has 2 fully saturated rings. The van der Waals surface area contributed by atoms with Gasteiger partial charge in [-0.25, -0.2) is 4.79 Å². The largest absolute Gasteiger partial charge is 0.481 e. The monoisotopic (exact) mass is 298 g/mol. The molecule has 6 nitrogen and oxygen atoms in total. The fourth-order valence-electron chi connectivity index (χ4n) is 3.36. The minimum Gasteiger partial charge on any atom is -0.481 e. The second kappa shape index (κ2) is 7.11. The SMILES string of the molecule is CN(CC1CC(O)C1)C(=O)N1CCCC(CCC(=O)O)C1. The number of aliphatic hydroxyl groups excluding tert-OH is 1. The van der Waals surface area contributed by atoms with Crippen molar-refractivity contribution in [2.24, 2.45) is 11.8 Å². The number of carbonyl (C=O) groups is 2. The number of piperidine rings is 1. The molecule has 21 heavy (non-hydrogen) atoms. The van der Waals surface area contributed by atoms with Crippen molar-refractivity contribution < 1.29 is 19.8 Å². The molecule has 0 bridgehead atoms. The highest BCUT2D eigenvalue weighted by Gasteiger charge is 2.31. The fraction of sp³-hybridized carbons (Fsp3) is 0.867. The number of aliphatic carboxylic acids is 1. The number of carboxylic acid groups (broad SMARTS) is 1. The molecule has 0 spiro atoms. The van der Waals surface area contributed by atoms with Crippen molar-refractivity contribution in [1.82, 2.24) is 9.80 Å². The smallest absolute Gasteiger partial charge is 0.319 e. The lowest BCUT2D eigenvalue weighted by Gasteiger charge is -2.38. The summed E-state index contributed by atoms with van der Waals surface area (Å²) in [7, 11) is 1.81. The van der Waals surface area contributed by atoms with Gasteiger partial charge in [-0.1, -0.05) is 0 Å². The molecule has 1 atom stereocenters. The molecule has 0 aromatic rings. The first-order chi connectivity index (χ1) is 9.95. The molecule has 1 aliphatic carbocycles. The number of carboxylic acids is 1. The van der Waals surface area contributed by atoms with E-state index < -0.39 is 5.97 Å². The Morgan fingerprint density at radius 3 is 2.62 bits per heavy atom. The van der Waals surface area contributed by atoms with E-state index in [1.807, 2.05) is 11.9 Å². The van der Waals surface area contributed by atoms with Gasteiger partial charge in [-0.15, -0.1) is 0 Å². The number of hydrogen-bond acceptors (Lipinski definition) is 3. The van der Waals surface area contributed by atoms with Gasteiger partial charge in [-0.3, -0.25) is 4.79 Å². The lowest BCUT2D eigenvalue weighted by atomic mass is 9.82. The zero-order chi connectivity index (χ0) is 15.4. The first-order valence-corrected chi connectivity index (χ1v) is 7.85. The molecule has 1 heterocycles. The first-order valence-electron chi connectivity index (χ1n) is 7.85. The molecule has 6 heteroatoms. The Bertz CT molecular complexity index is 382. The molecule has 1 saturated carbocycles. The molecule has 1 unspecified atom stereocenters. The lowest BCUT2D eigenvalue weighted by molar-refractivity contribution is -0.137. The van der Waals surface area contributed by atoms with E-state index in [0.717, 1.165) is 32.2 Å². The van der Waals surface area contributed by atoms with E-state index >= 15 is 0 Å². The second-order valence-corrected chi connectivity index (χ2v) is 6.54. The summed E-state index contributed by atoms with van der Waals surface area (Å²) in [6.07, 6.45) is 4.19. The summed E-state index contributed by atoms with van der Waals surface area (Å²) in [5, 5.41) is 18.0. The van der Waals surface area contributed by atoms with Gasteiger partial charge in [-0.2, -0.15) is 0 Å². The van der Waals surface area contributed by atoms with Gasteiger partial charge in [0, 0.05) is 33.1 Å². The summed E-state index contributed by atoms with van der Waals surface area (Å²) in [4.78, 5) is 26.7. The standard InChI is InChI=1S/C15H26N2O4/c1-16(9-12-7-13(18)8-12)15(21)17-6-2-3-11(10-17)4-5-14(19)20/h11-13,18H,2-10H2,1H3,(H,19,20).